The first-order valence-corrected chi connectivity index (χ1v) is 9.42. The number of nitrogens with zero attached hydrogens (tertiary/aromatic N) is 2. The van der Waals surface area contributed by atoms with Crippen molar-refractivity contribution >= 4 is 22.6 Å². The fraction of sp³-hybridized carbons (Fsp3) is 0.476. The maximum absolute atomic E-state index is 12.2. The van der Waals surface area contributed by atoms with Crippen LogP contribution in [0.1, 0.15) is 48.8 Å². The van der Waals surface area contributed by atoms with Crippen molar-refractivity contribution in [2.75, 3.05) is 18.4 Å². The van der Waals surface area contributed by atoms with Gasteiger partial charge in [0.2, 0.25) is 5.91 Å². The molecule has 0 saturated heterocycles. The summed E-state index contributed by atoms with van der Waals surface area (Å²) < 4.78 is 0. The van der Waals surface area contributed by atoms with Crippen LogP contribution in [0.5, 0.6) is 0 Å². The highest BCUT2D eigenvalue weighted by Gasteiger charge is 2.20. The zero-order valence-electron chi connectivity index (χ0n) is 15.6. The summed E-state index contributed by atoms with van der Waals surface area (Å²) in [7, 11) is 0. The van der Waals surface area contributed by atoms with Gasteiger partial charge in [-0.3, -0.25) is 4.79 Å². The van der Waals surface area contributed by atoms with Crippen molar-refractivity contribution < 1.29 is 4.79 Å². The predicted molar refractivity (Wildman–Crippen MR) is 104 cm³/mol. The smallest absolute Gasteiger partial charge is 0.223 e. The minimum Gasteiger partial charge on any atom is -0.367 e. The molecular formula is C21H26N4O. The Hall–Kier alpha value is -2.61. The molecule has 1 aliphatic carbocycles. The molecule has 5 nitrogen and oxygen atoms in total. The Bertz CT molecular complexity index is 847. The molecule has 26 heavy (non-hydrogen) atoms. The van der Waals surface area contributed by atoms with E-state index in [1.807, 2.05) is 26.0 Å². The maximum atomic E-state index is 12.2. The molecule has 1 aromatic heterocycles. The van der Waals surface area contributed by atoms with Crippen molar-refractivity contribution in [3.63, 3.8) is 0 Å². The topological polar surface area (TPSA) is 77.8 Å². The van der Waals surface area contributed by atoms with Gasteiger partial charge in [-0.05, 0) is 44.4 Å². The number of aryl methyl sites for hydroxylation is 2. The number of fused-ring (bicyclic) bond motifs is 1. The number of nitrogens with one attached hydrogen (secondary N) is 2. The highest BCUT2D eigenvalue weighted by molar-refractivity contribution is 5.86. The summed E-state index contributed by atoms with van der Waals surface area (Å²) in [5.74, 6) is 0.909. The van der Waals surface area contributed by atoms with Crippen LogP contribution in [0.2, 0.25) is 0 Å². The zero-order chi connectivity index (χ0) is 18.5. The van der Waals surface area contributed by atoms with E-state index in [-0.39, 0.29) is 11.8 Å². The number of nitriles is 1. The summed E-state index contributed by atoms with van der Waals surface area (Å²) in [5.41, 5.74) is 3.69. The number of anilines is 1. The van der Waals surface area contributed by atoms with Gasteiger partial charge in [0.1, 0.15) is 11.9 Å². The number of hydrogen-bond acceptors (Lipinski definition) is 4. The molecule has 1 fully saturated rings. The molecule has 0 aliphatic heterocycles. The molecule has 1 amide bonds. The number of carbonyl (C=O) groups is 1. The molecule has 1 aromatic carbocycles. The lowest BCUT2D eigenvalue weighted by Crippen LogP contribution is -2.35. The number of pyridine rings is 1. The Labute approximate surface area is 154 Å². The number of benzene rings is 1. The number of hydrogen-bond donors (Lipinski definition) is 2. The highest BCUT2D eigenvalue weighted by atomic mass is 16.1. The SMILES string of the molecule is Cc1cc(C)c2nc(NCCNC(=O)C3CCCCC3)c(C#N)cc2c1. The Morgan fingerprint density at radius 2 is 1.96 bits per heavy atom. The molecule has 0 unspecified atom stereocenters. The van der Waals surface area contributed by atoms with Crippen LogP contribution in [0.25, 0.3) is 10.9 Å². The van der Waals surface area contributed by atoms with Crippen molar-refractivity contribution in [3.8, 4) is 6.07 Å². The molecule has 5 heteroatoms. The van der Waals surface area contributed by atoms with E-state index in [0.29, 0.717) is 24.5 Å². The normalized spacial score (nSPS) is 14.8. The summed E-state index contributed by atoms with van der Waals surface area (Å²) in [6, 6.07) is 8.23. The number of rotatable bonds is 5. The average Bonchev–Trinajstić information content (AvgIpc) is 2.65. The van der Waals surface area contributed by atoms with Gasteiger partial charge in [-0.2, -0.15) is 5.26 Å². The van der Waals surface area contributed by atoms with E-state index in [9.17, 15) is 10.1 Å². The molecular weight excluding hydrogens is 324 g/mol. The Morgan fingerprint density at radius 1 is 1.19 bits per heavy atom. The van der Waals surface area contributed by atoms with Gasteiger partial charge in [0.25, 0.3) is 0 Å². The number of aromatic nitrogens is 1. The minimum absolute atomic E-state index is 0.157. The van der Waals surface area contributed by atoms with E-state index in [1.54, 1.807) is 0 Å². The first-order valence-electron chi connectivity index (χ1n) is 9.42. The fourth-order valence-corrected chi connectivity index (χ4v) is 3.75. The maximum Gasteiger partial charge on any atom is 0.223 e. The Kier molecular flexibility index (Phi) is 5.72. The summed E-state index contributed by atoms with van der Waals surface area (Å²) in [6.07, 6.45) is 5.56. The summed E-state index contributed by atoms with van der Waals surface area (Å²) >= 11 is 0. The third kappa shape index (κ3) is 4.13. The summed E-state index contributed by atoms with van der Waals surface area (Å²) in [6.45, 7) is 5.16. The van der Waals surface area contributed by atoms with Crippen LogP contribution < -0.4 is 10.6 Å². The van der Waals surface area contributed by atoms with Gasteiger partial charge in [0.05, 0.1) is 11.1 Å². The second kappa shape index (κ2) is 8.18. The zero-order valence-corrected chi connectivity index (χ0v) is 15.6. The molecule has 2 N–H and O–H groups in total. The van der Waals surface area contributed by atoms with Crippen molar-refractivity contribution in [1.82, 2.24) is 10.3 Å². The highest BCUT2D eigenvalue weighted by Crippen LogP contribution is 2.24. The quantitative estimate of drug-likeness (QED) is 0.803. The van der Waals surface area contributed by atoms with E-state index in [2.05, 4.69) is 27.8 Å². The second-order valence-corrected chi connectivity index (χ2v) is 7.20. The third-order valence-corrected chi connectivity index (χ3v) is 5.07. The Morgan fingerprint density at radius 3 is 2.69 bits per heavy atom. The lowest BCUT2D eigenvalue weighted by atomic mass is 9.89. The molecule has 136 valence electrons. The average molecular weight is 350 g/mol. The monoisotopic (exact) mass is 350 g/mol. The lowest BCUT2D eigenvalue weighted by Gasteiger charge is -2.20. The van der Waals surface area contributed by atoms with Gasteiger partial charge in [-0.1, -0.05) is 30.9 Å². The van der Waals surface area contributed by atoms with Crippen molar-refractivity contribution in [1.29, 1.82) is 5.26 Å². The summed E-state index contributed by atoms with van der Waals surface area (Å²) in [4.78, 5) is 16.8. The van der Waals surface area contributed by atoms with Gasteiger partial charge < -0.3 is 10.6 Å². The molecule has 3 rings (SSSR count). The van der Waals surface area contributed by atoms with Crippen molar-refractivity contribution in [2.24, 2.45) is 5.92 Å². The first kappa shape index (κ1) is 18.2. The van der Waals surface area contributed by atoms with Gasteiger partial charge in [-0.15, -0.1) is 0 Å². The second-order valence-electron chi connectivity index (χ2n) is 7.20. The molecule has 1 saturated carbocycles. The van der Waals surface area contributed by atoms with E-state index in [4.69, 9.17) is 0 Å². The van der Waals surface area contributed by atoms with E-state index in [0.717, 1.165) is 47.7 Å². The molecule has 1 heterocycles. The van der Waals surface area contributed by atoms with Crippen LogP contribution in [0.3, 0.4) is 0 Å². The van der Waals surface area contributed by atoms with Crippen LogP contribution in [0.15, 0.2) is 18.2 Å². The van der Waals surface area contributed by atoms with Crippen molar-refractivity contribution in [3.05, 3.63) is 34.9 Å². The largest absolute Gasteiger partial charge is 0.367 e. The van der Waals surface area contributed by atoms with Crippen LogP contribution >= 0.6 is 0 Å². The lowest BCUT2D eigenvalue weighted by molar-refractivity contribution is -0.125. The van der Waals surface area contributed by atoms with E-state index < -0.39 is 0 Å². The molecule has 0 bridgehead atoms. The van der Waals surface area contributed by atoms with Crippen LogP contribution in [-0.2, 0) is 4.79 Å². The van der Waals surface area contributed by atoms with E-state index in [1.165, 1.54) is 6.42 Å². The van der Waals surface area contributed by atoms with Crippen LogP contribution in [-0.4, -0.2) is 24.0 Å². The van der Waals surface area contributed by atoms with E-state index >= 15 is 0 Å². The number of amides is 1. The first-order chi connectivity index (χ1) is 12.6. The standard InChI is InChI=1S/C21H26N4O/c1-14-10-15(2)19-17(11-14)12-18(13-22)20(25-19)23-8-9-24-21(26)16-6-4-3-5-7-16/h10-12,16H,3-9H2,1-2H3,(H,23,25)(H,24,26). The third-order valence-electron chi connectivity index (χ3n) is 5.07. The van der Waals surface area contributed by atoms with Crippen LogP contribution in [0, 0.1) is 31.1 Å². The van der Waals surface area contributed by atoms with Gasteiger partial charge in [0, 0.05) is 24.4 Å². The van der Waals surface area contributed by atoms with Crippen molar-refractivity contribution in [2.45, 2.75) is 46.0 Å². The molecule has 0 atom stereocenters. The predicted octanol–water partition coefficient (Wildman–Crippen LogP) is 3.83. The number of carbonyl (C=O) groups excluding carboxylic acids is 1. The minimum atomic E-state index is 0.157. The fourth-order valence-electron chi connectivity index (χ4n) is 3.75. The molecule has 1 aliphatic rings. The summed E-state index contributed by atoms with van der Waals surface area (Å²) in [5, 5.41) is 16.6. The van der Waals surface area contributed by atoms with Gasteiger partial charge in [0.15, 0.2) is 0 Å². The molecule has 0 radical (unpaired) electrons. The van der Waals surface area contributed by atoms with Gasteiger partial charge >= 0.3 is 0 Å². The Balaban J connectivity index is 1.63. The van der Waals surface area contributed by atoms with Crippen LogP contribution in [0.4, 0.5) is 5.82 Å². The molecule has 2 aromatic rings. The molecule has 0 spiro atoms. The van der Waals surface area contributed by atoms with Gasteiger partial charge in [-0.25, -0.2) is 4.98 Å².